The Hall–Kier alpha value is -1.42. The molecule has 1 saturated heterocycles. The highest BCUT2D eigenvalue weighted by Gasteiger charge is 2.39. The van der Waals surface area contributed by atoms with Crippen LogP contribution in [0.2, 0.25) is 0 Å². The number of carbonyl (C=O) groups excluding carboxylic acids is 1. The van der Waals surface area contributed by atoms with Gasteiger partial charge in [-0.2, -0.15) is 0 Å². The van der Waals surface area contributed by atoms with Gasteiger partial charge in [-0.3, -0.25) is 4.79 Å². The summed E-state index contributed by atoms with van der Waals surface area (Å²) in [4.78, 5) is 12.4. The van der Waals surface area contributed by atoms with Gasteiger partial charge in [0.05, 0.1) is 11.6 Å². The lowest BCUT2D eigenvalue weighted by atomic mass is 9.92. The van der Waals surface area contributed by atoms with Crippen molar-refractivity contribution in [3.05, 3.63) is 35.6 Å². The van der Waals surface area contributed by atoms with Crippen molar-refractivity contribution >= 4 is 5.91 Å². The first-order valence-electron chi connectivity index (χ1n) is 6.89. The van der Waals surface area contributed by atoms with Crippen LogP contribution in [0.4, 0.5) is 4.39 Å². The number of amides is 1. The zero-order valence-electron chi connectivity index (χ0n) is 11.5. The van der Waals surface area contributed by atoms with E-state index in [2.05, 4.69) is 10.6 Å². The van der Waals surface area contributed by atoms with Gasteiger partial charge in [0, 0.05) is 0 Å². The Morgan fingerprint density at radius 3 is 2.95 bits per heavy atom. The Balaban J connectivity index is 2.06. The first kappa shape index (κ1) is 14.0. The molecular formula is C15H21FN2O. The first-order valence-corrected chi connectivity index (χ1v) is 6.89. The maximum atomic E-state index is 13.2. The van der Waals surface area contributed by atoms with E-state index in [1.807, 2.05) is 19.9 Å². The van der Waals surface area contributed by atoms with Gasteiger partial charge in [-0.15, -0.1) is 0 Å². The number of carbonyl (C=O) groups is 1. The maximum Gasteiger partial charge on any atom is 0.240 e. The van der Waals surface area contributed by atoms with Crippen LogP contribution in [0.1, 0.15) is 44.7 Å². The van der Waals surface area contributed by atoms with Crippen molar-refractivity contribution in [3.8, 4) is 0 Å². The van der Waals surface area contributed by atoms with Crippen LogP contribution in [0.3, 0.4) is 0 Å². The summed E-state index contributed by atoms with van der Waals surface area (Å²) in [5.74, 6) is -0.257. The fourth-order valence-electron chi connectivity index (χ4n) is 2.66. The summed E-state index contributed by atoms with van der Waals surface area (Å²) >= 11 is 0. The van der Waals surface area contributed by atoms with Gasteiger partial charge in [-0.05, 0) is 50.4 Å². The molecule has 0 spiro atoms. The fourth-order valence-corrected chi connectivity index (χ4v) is 2.66. The average molecular weight is 264 g/mol. The van der Waals surface area contributed by atoms with E-state index in [0.717, 1.165) is 31.4 Å². The molecule has 0 bridgehead atoms. The Kier molecular flexibility index (Phi) is 4.20. The SMILES string of the molecule is CCC1(C(=O)NC(C)c2cccc(F)c2)CCCN1. The molecule has 1 aliphatic heterocycles. The van der Waals surface area contributed by atoms with E-state index < -0.39 is 5.54 Å². The second-order valence-corrected chi connectivity index (χ2v) is 5.22. The molecule has 1 heterocycles. The molecule has 1 fully saturated rings. The molecule has 4 heteroatoms. The number of hydrogen-bond acceptors (Lipinski definition) is 2. The standard InChI is InChI=1S/C15H21FN2O/c1-3-15(8-5-9-17-15)14(19)18-11(2)12-6-4-7-13(16)10-12/h4,6-7,10-11,17H,3,5,8-9H2,1-2H3,(H,18,19). The van der Waals surface area contributed by atoms with Crippen molar-refractivity contribution in [3.63, 3.8) is 0 Å². The van der Waals surface area contributed by atoms with Gasteiger partial charge in [-0.25, -0.2) is 4.39 Å². The lowest BCUT2D eigenvalue weighted by Crippen LogP contribution is -2.53. The summed E-state index contributed by atoms with van der Waals surface area (Å²) in [6, 6.07) is 6.18. The van der Waals surface area contributed by atoms with E-state index in [4.69, 9.17) is 0 Å². The molecule has 1 aromatic carbocycles. The molecule has 19 heavy (non-hydrogen) atoms. The number of rotatable bonds is 4. The summed E-state index contributed by atoms with van der Waals surface area (Å²) in [5, 5.41) is 6.29. The highest BCUT2D eigenvalue weighted by Crippen LogP contribution is 2.24. The topological polar surface area (TPSA) is 41.1 Å². The van der Waals surface area contributed by atoms with E-state index in [9.17, 15) is 9.18 Å². The quantitative estimate of drug-likeness (QED) is 0.877. The summed E-state index contributed by atoms with van der Waals surface area (Å²) < 4.78 is 13.2. The molecule has 3 nitrogen and oxygen atoms in total. The normalized spacial score (nSPS) is 24.2. The van der Waals surface area contributed by atoms with Crippen molar-refractivity contribution in [1.29, 1.82) is 0 Å². The number of nitrogens with one attached hydrogen (secondary N) is 2. The van der Waals surface area contributed by atoms with Crippen LogP contribution in [0.25, 0.3) is 0 Å². The van der Waals surface area contributed by atoms with Crippen molar-refractivity contribution < 1.29 is 9.18 Å². The van der Waals surface area contributed by atoms with Gasteiger partial charge in [0.15, 0.2) is 0 Å². The molecular weight excluding hydrogens is 243 g/mol. The van der Waals surface area contributed by atoms with Gasteiger partial charge in [0.25, 0.3) is 0 Å². The Morgan fingerprint density at radius 2 is 2.37 bits per heavy atom. The monoisotopic (exact) mass is 264 g/mol. The van der Waals surface area contributed by atoms with Gasteiger partial charge >= 0.3 is 0 Å². The van der Waals surface area contributed by atoms with Crippen LogP contribution in [-0.2, 0) is 4.79 Å². The minimum Gasteiger partial charge on any atom is -0.348 e. The maximum absolute atomic E-state index is 13.2. The molecule has 1 amide bonds. The Morgan fingerprint density at radius 1 is 1.58 bits per heavy atom. The highest BCUT2D eigenvalue weighted by molar-refractivity contribution is 5.87. The predicted octanol–water partition coefficient (Wildman–Crippen LogP) is 2.54. The summed E-state index contributed by atoms with van der Waals surface area (Å²) in [5.41, 5.74) is 0.347. The molecule has 2 unspecified atom stereocenters. The van der Waals surface area contributed by atoms with Crippen molar-refractivity contribution in [2.24, 2.45) is 0 Å². The molecule has 2 N–H and O–H groups in total. The minimum absolute atomic E-state index is 0.0178. The smallest absolute Gasteiger partial charge is 0.240 e. The molecule has 0 aromatic heterocycles. The van der Waals surface area contributed by atoms with Crippen molar-refractivity contribution in [2.75, 3.05) is 6.54 Å². The van der Waals surface area contributed by atoms with Gasteiger partial charge < -0.3 is 10.6 Å². The first-order chi connectivity index (χ1) is 9.07. The Labute approximate surface area is 113 Å². The lowest BCUT2D eigenvalue weighted by molar-refractivity contribution is -0.128. The molecule has 0 saturated carbocycles. The number of hydrogen-bond donors (Lipinski definition) is 2. The van der Waals surface area contributed by atoms with E-state index in [0.29, 0.717) is 0 Å². The zero-order valence-corrected chi connectivity index (χ0v) is 11.5. The second kappa shape index (κ2) is 5.70. The lowest BCUT2D eigenvalue weighted by Gasteiger charge is -2.28. The molecule has 1 aliphatic rings. The second-order valence-electron chi connectivity index (χ2n) is 5.22. The molecule has 104 valence electrons. The Bertz CT molecular complexity index is 455. The molecule has 2 rings (SSSR count). The van der Waals surface area contributed by atoms with E-state index >= 15 is 0 Å². The predicted molar refractivity (Wildman–Crippen MR) is 73.2 cm³/mol. The van der Waals surface area contributed by atoms with Crippen LogP contribution in [0.5, 0.6) is 0 Å². The zero-order chi connectivity index (χ0) is 13.9. The van der Waals surface area contributed by atoms with Crippen molar-refractivity contribution in [1.82, 2.24) is 10.6 Å². The third kappa shape index (κ3) is 2.95. The van der Waals surface area contributed by atoms with E-state index in [1.165, 1.54) is 12.1 Å². The molecule has 2 atom stereocenters. The molecule has 0 radical (unpaired) electrons. The van der Waals surface area contributed by atoms with Gasteiger partial charge in [0.1, 0.15) is 5.82 Å². The van der Waals surface area contributed by atoms with Crippen LogP contribution >= 0.6 is 0 Å². The summed E-state index contributed by atoms with van der Waals surface area (Å²) in [7, 11) is 0. The number of halogens is 1. The third-order valence-corrected chi connectivity index (χ3v) is 3.98. The number of benzene rings is 1. The van der Waals surface area contributed by atoms with Crippen molar-refractivity contribution in [2.45, 2.75) is 44.7 Å². The molecule has 0 aliphatic carbocycles. The van der Waals surface area contributed by atoms with Gasteiger partial charge in [0.2, 0.25) is 5.91 Å². The van der Waals surface area contributed by atoms with E-state index in [-0.39, 0.29) is 17.8 Å². The van der Waals surface area contributed by atoms with Gasteiger partial charge in [-0.1, -0.05) is 19.1 Å². The van der Waals surface area contributed by atoms with Crippen LogP contribution in [-0.4, -0.2) is 18.0 Å². The highest BCUT2D eigenvalue weighted by atomic mass is 19.1. The van der Waals surface area contributed by atoms with Crippen LogP contribution in [0.15, 0.2) is 24.3 Å². The van der Waals surface area contributed by atoms with Crippen LogP contribution in [0, 0.1) is 5.82 Å². The largest absolute Gasteiger partial charge is 0.348 e. The summed E-state index contributed by atoms with van der Waals surface area (Å²) in [6.45, 7) is 4.78. The summed E-state index contributed by atoms with van der Waals surface area (Å²) in [6.07, 6.45) is 2.66. The average Bonchev–Trinajstić information content (AvgIpc) is 2.88. The van der Waals surface area contributed by atoms with E-state index in [1.54, 1.807) is 6.07 Å². The fraction of sp³-hybridized carbons (Fsp3) is 0.533. The third-order valence-electron chi connectivity index (χ3n) is 3.98. The van der Waals surface area contributed by atoms with Crippen LogP contribution < -0.4 is 10.6 Å². The molecule has 1 aromatic rings. The minimum atomic E-state index is -0.443.